The number of carbonyl (C=O) groups is 1. The van der Waals surface area contributed by atoms with Crippen LogP contribution in [0.4, 0.5) is 0 Å². The highest BCUT2D eigenvalue weighted by Crippen LogP contribution is 2.12. The van der Waals surface area contributed by atoms with Gasteiger partial charge in [0, 0.05) is 10.9 Å². The summed E-state index contributed by atoms with van der Waals surface area (Å²) >= 11 is 1.51. The Morgan fingerprint density at radius 1 is 1.54 bits per heavy atom. The van der Waals surface area contributed by atoms with Gasteiger partial charge in [-0.1, -0.05) is 0 Å². The summed E-state index contributed by atoms with van der Waals surface area (Å²) < 4.78 is 10.5. The molecule has 0 spiro atoms. The third kappa shape index (κ3) is 1.96. The third-order valence-corrected chi connectivity index (χ3v) is 2.60. The van der Waals surface area contributed by atoms with Crippen LogP contribution in [0.5, 0.6) is 0 Å². The summed E-state index contributed by atoms with van der Waals surface area (Å²) in [5.41, 5.74) is 0.723. The summed E-state index contributed by atoms with van der Waals surface area (Å²) in [5, 5.41) is 3.72. The van der Waals surface area contributed by atoms with E-state index < -0.39 is 6.10 Å². The maximum Gasteiger partial charge on any atom is 0.194 e. The van der Waals surface area contributed by atoms with Crippen molar-refractivity contribution in [2.45, 2.75) is 6.10 Å². The summed E-state index contributed by atoms with van der Waals surface area (Å²) in [6.45, 7) is 1.49. The first-order valence-corrected chi connectivity index (χ1v) is 5.08. The van der Waals surface area contributed by atoms with Crippen LogP contribution in [-0.4, -0.2) is 31.7 Å². The normalized spacial score (nSPS) is 22.9. The minimum Gasteiger partial charge on any atom is -0.376 e. The summed E-state index contributed by atoms with van der Waals surface area (Å²) in [4.78, 5) is 11.7. The van der Waals surface area contributed by atoms with Gasteiger partial charge in [0.05, 0.1) is 19.8 Å². The monoisotopic (exact) mass is 198 g/mol. The zero-order valence-electron chi connectivity index (χ0n) is 7.06. The first kappa shape index (κ1) is 8.87. The maximum absolute atomic E-state index is 11.7. The van der Waals surface area contributed by atoms with Gasteiger partial charge >= 0.3 is 0 Å². The van der Waals surface area contributed by atoms with E-state index in [0.29, 0.717) is 19.8 Å². The minimum absolute atomic E-state index is 0.0287. The Bertz CT molecular complexity index is 275. The van der Waals surface area contributed by atoms with Crippen molar-refractivity contribution in [3.05, 3.63) is 22.4 Å². The van der Waals surface area contributed by atoms with E-state index in [4.69, 9.17) is 9.47 Å². The molecule has 1 aliphatic heterocycles. The molecular weight excluding hydrogens is 188 g/mol. The van der Waals surface area contributed by atoms with Gasteiger partial charge in [-0.2, -0.15) is 11.3 Å². The van der Waals surface area contributed by atoms with Crippen LogP contribution in [0.2, 0.25) is 0 Å². The average molecular weight is 198 g/mol. The highest BCUT2D eigenvalue weighted by Gasteiger charge is 2.23. The summed E-state index contributed by atoms with van der Waals surface area (Å²) in [6.07, 6.45) is -0.400. The number of ether oxygens (including phenoxy) is 2. The second-order valence-electron chi connectivity index (χ2n) is 2.81. The molecule has 0 saturated carbocycles. The number of carbonyl (C=O) groups excluding carboxylic acids is 1. The first-order chi connectivity index (χ1) is 6.38. The van der Waals surface area contributed by atoms with Crippen LogP contribution in [-0.2, 0) is 9.47 Å². The molecule has 1 atom stereocenters. The molecule has 1 saturated heterocycles. The molecule has 0 aromatic carbocycles. The van der Waals surface area contributed by atoms with Crippen LogP contribution in [0.3, 0.4) is 0 Å². The fraction of sp³-hybridized carbons (Fsp3) is 0.444. The van der Waals surface area contributed by atoms with E-state index in [1.165, 1.54) is 11.3 Å². The fourth-order valence-electron chi connectivity index (χ4n) is 1.23. The summed E-state index contributed by atoms with van der Waals surface area (Å²) in [5.74, 6) is 0.0287. The molecular formula is C9H10O3S. The average Bonchev–Trinajstić information content (AvgIpc) is 2.71. The lowest BCUT2D eigenvalue weighted by atomic mass is 10.1. The maximum atomic E-state index is 11.7. The van der Waals surface area contributed by atoms with Crippen molar-refractivity contribution in [1.82, 2.24) is 0 Å². The molecule has 13 heavy (non-hydrogen) atoms. The van der Waals surface area contributed by atoms with Gasteiger partial charge in [0.25, 0.3) is 0 Å². The van der Waals surface area contributed by atoms with E-state index in [9.17, 15) is 4.79 Å². The lowest BCUT2D eigenvalue weighted by Crippen LogP contribution is -2.35. The van der Waals surface area contributed by atoms with Crippen molar-refractivity contribution in [2.24, 2.45) is 0 Å². The summed E-state index contributed by atoms with van der Waals surface area (Å²) in [7, 11) is 0. The Kier molecular flexibility index (Phi) is 2.73. The Hall–Kier alpha value is -0.710. The standard InChI is InChI=1S/C9H10O3S/c10-9(7-1-4-13-6-7)8-5-11-2-3-12-8/h1,4,6,8H,2-3,5H2. The van der Waals surface area contributed by atoms with Gasteiger partial charge in [0.15, 0.2) is 5.78 Å². The van der Waals surface area contributed by atoms with Crippen molar-refractivity contribution < 1.29 is 14.3 Å². The Morgan fingerprint density at radius 3 is 3.08 bits per heavy atom. The molecule has 70 valence electrons. The second-order valence-corrected chi connectivity index (χ2v) is 3.59. The molecule has 1 unspecified atom stereocenters. The van der Waals surface area contributed by atoms with Crippen molar-refractivity contribution >= 4 is 17.1 Å². The predicted molar refractivity (Wildman–Crippen MR) is 49.2 cm³/mol. The predicted octanol–water partition coefficient (Wildman–Crippen LogP) is 1.35. The largest absolute Gasteiger partial charge is 0.376 e. The van der Waals surface area contributed by atoms with Crippen molar-refractivity contribution in [2.75, 3.05) is 19.8 Å². The number of hydrogen-bond acceptors (Lipinski definition) is 4. The van der Waals surface area contributed by atoms with E-state index in [2.05, 4.69) is 0 Å². The van der Waals surface area contributed by atoms with Crippen LogP contribution in [0.25, 0.3) is 0 Å². The Labute approximate surface area is 80.3 Å². The van der Waals surface area contributed by atoms with Gasteiger partial charge in [-0.25, -0.2) is 0 Å². The SMILES string of the molecule is O=C(c1ccsc1)C1COCCO1. The zero-order chi connectivity index (χ0) is 9.10. The molecule has 0 bridgehead atoms. The number of ketones is 1. The van der Waals surface area contributed by atoms with E-state index >= 15 is 0 Å². The molecule has 1 aliphatic rings. The molecule has 0 aliphatic carbocycles. The topological polar surface area (TPSA) is 35.5 Å². The number of thiophene rings is 1. The highest BCUT2D eigenvalue weighted by molar-refractivity contribution is 7.08. The van der Waals surface area contributed by atoms with E-state index in [1.807, 2.05) is 16.8 Å². The van der Waals surface area contributed by atoms with Crippen LogP contribution >= 0.6 is 11.3 Å². The highest BCUT2D eigenvalue weighted by atomic mass is 32.1. The number of rotatable bonds is 2. The van der Waals surface area contributed by atoms with Gasteiger partial charge in [0.1, 0.15) is 6.10 Å². The molecule has 0 radical (unpaired) electrons. The molecule has 1 fully saturated rings. The Balaban J connectivity index is 2.04. The summed E-state index contributed by atoms with van der Waals surface area (Å²) in [6, 6.07) is 1.81. The minimum atomic E-state index is -0.400. The molecule has 2 heterocycles. The van der Waals surface area contributed by atoms with Gasteiger partial charge in [0.2, 0.25) is 0 Å². The lowest BCUT2D eigenvalue weighted by molar-refractivity contribution is -0.0718. The smallest absolute Gasteiger partial charge is 0.194 e. The molecule has 2 rings (SSSR count). The fourth-order valence-corrected chi connectivity index (χ4v) is 1.87. The van der Waals surface area contributed by atoms with E-state index in [0.717, 1.165) is 5.56 Å². The number of Topliss-reactive ketones (excluding diaryl/α,β-unsaturated/α-hetero) is 1. The van der Waals surface area contributed by atoms with Gasteiger partial charge < -0.3 is 9.47 Å². The van der Waals surface area contributed by atoms with Crippen LogP contribution in [0.1, 0.15) is 10.4 Å². The Morgan fingerprint density at radius 2 is 2.46 bits per heavy atom. The molecule has 1 aromatic heterocycles. The van der Waals surface area contributed by atoms with Gasteiger partial charge in [-0.3, -0.25) is 4.79 Å². The van der Waals surface area contributed by atoms with Crippen LogP contribution < -0.4 is 0 Å². The molecule has 1 aromatic rings. The van der Waals surface area contributed by atoms with Crippen molar-refractivity contribution in [3.63, 3.8) is 0 Å². The lowest BCUT2D eigenvalue weighted by Gasteiger charge is -2.21. The first-order valence-electron chi connectivity index (χ1n) is 4.13. The number of hydrogen-bond donors (Lipinski definition) is 0. The zero-order valence-corrected chi connectivity index (χ0v) is 7.88. The van der Waals surface area contributed by atoms with Crippen LogP contribution in [0, 0.1) is 0 Å². The molecule has 0 N–H and O–H groups in total. The molecule has 4 heteroatoms. The second kappa shape index (κ2) is 4.00. The van der Waals surface area contributed by atoms with E-state index in [-0.39, 0.29) is 5.78 Å². The van der Waals surface area contributed by atoms with E-state index in [1.54, 1.807) is 0 Å². The van der Waals surface area contributed by atoms with Crippen LogP contribution in [0.15, 0.2) is 16.8 Å². The van der Waals surface area contributed by atoms with Crippen molar-refractivity contribution in [1.29, 1.82) is 0 Å². The molecule has 3 nitrogen and oxygen atoms in total. The van der Waals surface area contributed by atoms with Gasteiger partial charge in [-0.15, -0.1) is 0 Å². The van der Waals surface area contributed by atoms with Gasteiger partial charge in [-0.05, 0) is 11.4 Å². The molecule has 0 amide bonds. The quantitative estimate of drug-likeness (QED) is 0.673. The van der Waals surface area contributed by atoms with Crippen molar-refractivity contribution in [3.8, 4) is 0 Å². The third-order valence-electron chi connectivity index (χ3n) is 1.91.